The zero-order valence-electron chi connectivity index (χ0n) is 20.2. The summed E-state index contributed by atoms with van der Waals surface area (Å²) in [6, 6.07) is 7.35. The Hall–Kier alpha value is -3.30. The number of piperidine rings is 1. The highest BCUT2D eigenvalue weighted by atomic mass is 19.1. The number of hydrogen-bond donors (Lipinski definition) is 1. The van der Waals surface area contributed by atoms with E-state index in [9.17, 15) is 9.50 Å². The van der Waals surface area contributed by atoms with E-state index in [2.05, 4.69) is 42.9 Å². The second-order valence-corrected chi connectivity index (χ2v) is 10.7. The predicted octanol–water partition coefficient (Wildman–Crippen LogP) is 2.88. The Balaban J connectivity index is 1.23. The lowest BCUT2D eigenvalue weighted by Crippen LogP contribution is -2.63. The molecular formula is C27H28FN5O3. The first-order valence-corrected chi connectivity index (χ1v) is 12.5. The van der Waals surface area contributed by atoms with Gasteiger partial charge in [0, 0.05) is 29.8 Å². The van der Waals surface area contributed by atoms with Crippen LogP contribution in [0.3, 0.4) is 0 Å². The van der Waals surface area contributed by atoms with Gasteiger partial charge in [0.15, 0.2) is 5.84 Å². The average Bonchev–Trinajstić information content (AvgIpc) is 3.43. The van der Waals surface area contributed by atoms with Crippen LogP contribution in [0.25, 0.3) is 5.69 Å². The van der Waals surface area contributed by atoms with Crippen molar-refractivity contribution in [3.05, 3.63) is 76.9 Å². The Morgan fingerprint density at radius 2 is 2.00 bits per heavy atom. The number of aliphatic hydroxyl groups is 1. The number of nitrogens with zero attached hydrogens (tertiary/aromatic N) is 5. The third-order valence-electron chi connectivity index (χ3n) is 8.28. The molecular weight excluding hydrogens is 461 g/mol. The molecule has 4 aliphatic rings. The van der Waals surface area contributed by atoms with Crippen LogP contribution in [-0.2, 0) is 34.6 Å². The summed E-state index contributed by atoms with van der Waals surface area (Å²) >= 11 is 0. The van der Waals surface area contributed by atoms with Gasteiger partial charge in [0.05, 0.1) is 31.4 Å². The van der Waals surface area contributed by atoms with Crippen molar-refractivity contribution < 1.29 is 19.1 Å². The minimum atomic E-state index is -1.25. The quantitative estimate of drug-likeness (QED) is 0.593. The van der Waals surface area contributed by atoms with E-state index >= 15 is 0 Å². The molecule has 1 aliphatic carbocycles. The van der Waals surface area contributed by atoms with E-state index in [-0.39, 0.29) is 17.9 Å². The van der Waals surface area contributed by atoms with Crippen LogP contribution in [0.4, 0.5) is 4.39 Å². The maximum Gasteiger partial charge on any atom is 0.276 e. The van der Waals surface area contributed by atoms with Gasteiger partial charge in [-0.1, -0.05) is 11.2 Å². The molecule has 3 aliphatic heterocycles. The molecule has 1 N–H and O–H groups in total. The van der Waals surface area contributed by atoms with Crippen molar-refractivity contribution in [1.82, 2.24) is 19.4 Å². The summed E-state index contributed by atoms with van der Waals surface area (Å²) in [4.78, 5) is 16.7. The van der Waals surface area contributed by atoms with E-state index in [1.807, 2.05) is 13.3 Å². The number of hydrogen-bond acceptors (Lipinski definition) is 7. The normalized spacial score (nSPS) is 25.5. The van der Waals surface area contributed by atoms with E-state index in [1.54, 1.807) is 6.07 Å². The van der Waals surface area contributed by atoms with Crippen molar-refractivity contribution in [3.63, 3.8) is 0 Å². The van der Waals surface area contributed by atoms with Crippen LogP contribution in [0, 0.1) is 24.1 Å². The summed E-state index contributed by atoms with van der Waals surface area (Å²) in [5.74, 6) is 0.510. The third-order valence-corrected chi connectivity index (χ3v) is 8.28. The van der Waals surface area contributed by atoms with Gasteiger partial charge >= 0.3 is 0 Å². The number of fused-ring (bicyclic) bond motifs is 2. The molecule has 2 atom stereocenters. The maximum atomic E-state index is 13.6. The van der Waals surface area contributed by atoms with Crippen molar-refractivity contribution in [2.24, 2.45) is 16.5 Å². The van der Waals surface area contributed by atoms with Crippen LogP contribution < -0.4 is 0 Å². The highest BCUT2D eigenvalue weighted by molar-refractivity contribution is 5.87. The molecule has 2 unspecified atom stereocenters. The molecule has 36 heavy (non-hydrogen) atoms. The summed E-state index contributed by atoms with van der Waals surface area (Å²) in [6.45, 7) is 3.66. The molecule has 5 heterocycles. The van der Waals surface area contributed by atoms with Crippen LogP contribution in [0.15, 0.2) is 48.1 Å². The molecule has 8 nitrogen and oxygen atoms in total. The molecule has 1 spiro atoms. The molecule has 7 rings (SSSR count). The monoisotopic (exact) mass is 489 g/mol. The van der Waals surface area contributed by atoms with Crippen LogP contribution >= 0.6 is 0 Å². The molecule has 2 aromatic heterocycles. The lowest BCUT2D eigenvalue weighted by atomic mass is 9.70. The Labute approximate surface area is 208 Å². The topological polar surface area (TPSA) is 85.0 Å². The van der Waals surface area contributed by atoms with Gasteiger partial charge in [-0.2, -0.15) is 0 Å². The molecule has 1 aromatic carbocycles. The van der Waals surface area contributed by atoms with Crippen LogP contribution in [0.1, 0.15) is 34.5 Å². The smallest absolute Gasteiger partial charge is 0.276 e. The number of oxime groups is 1. The number of imidazole rings is 1. The van der Waals surface area contributed by atoms with Gasteiger partial charge in [0.25, 0.3) is 5.72 Å². The Morgan fingerprint density at radius 3 is 2.64 bits per heavy atom. The number of aryl methyl sites for hydroxylation is 1. The standard InChI is InChI=1S/C27H28FN5O3/c1-17-11-32(16-30-17)23-6-2-18(21-4-5-22(21)23)8-19-9-26(14-35-15-26)12-33-25(19)31-36-27(33,13-34)24-7-3-20(28)10-29-24/h2-3,6-7,10-11,16,19,34H,4-5,8-9,12-15H2,1H3. The Bertz CT molecular complexity index is 1370. The molecule has 0 saturated carbocycles. The van der Waals surface area contributed by atoms with Crippen molar-refractivity contribution >= 4 is 5.84 Å². The zero-order valence-corrected chi connectivity index (χ0v) is 20.2. The number of amidine groups is 1. The first-order valence-electron chi connectivity index (χ1n) is 12.5. The highest BCUT2D eigenvalue weighted by Crippen LogP contribution is 2.48. The van der Waals surface area contributed by atoms with Crippen LogP contribution in [-0.4, -0.2) is 56.7 Å². The van der Waals surface area contributed by atoms with Gasteiger partial charge in [0.2, 0.25) is 0 Å². The van der Waals surface area contributed by atoms with E-state index in [4.69, 9.17) is 9.57 Å². The second-order valence-electron chi connectivity index (χ2n) is 10.7. The molecule has 9 heteroatoms. The zero-order chi connectivity index (χ0) is 24.5. The summed E-state index contributed by atoms with van der Waals surface area (Å²) < 4.78 is 21.4. The number of ether oxygens (including phenoxy) is 1. The summed E-state index contributed by atoms with van der Waals surface area (Å²) in [7, 11) is 0. The predicted molar refractivity (Wildman–Crippen MR) is 129 cm³/mol. The lowest BCUT2D eigenvalue weighted by Gasteiger charge is -2.52. The van der Waals surface area contributed by atoms with Crippen molar-refractivity contribution in [3.8, 4) is 5.69 Å². The maximum absolute atomic E-state index is 13.6. The molecule has 2 saturated heterocycles. The van der Waals surface area contributed by atoms with Crippen molar-refractivity contribution in [2.75, 3.05) is 26.4 Å². The number of benzene rings is 1. The molecule has 0 bridgehead atoms. The highest BCUT2D eigenvalue weighted by Gasteiger charge is 2.58. The molecule has 3 aromatic rings. The van der Waals surface area contributed by atoms with Gasteiger partial charge in [-0.3, -0.25) is 4.98 Å². The van der Waals surface area contributed by atoms with E-state index in [1.165, 1.54) is 28.4 Å². The molecule has 186 valence electrons. The SMILES string of the molecule is Cc1cn(-c2ccc(CC3CC4(COC4)CN4C3=NOC4(CO)c3ccc(F)cn3)c3c2CC3)cn1. The average molecular weight is 490 g/mol. The molecule has 0 radical (unpaired) electrons. The fourth-order valence-corrected chi connectivity index (χ4v) is 6.32. The minimum absolute atomic E-state index is 0.0285. The van der Waals surface area contributed by atoms with E-state index < -0.39 is 11.5 Å². The first-order chi connectivity index (χ1) is 17.5. The minimum Gasteiger partial charge on any atom is -0.390 e. The Morgan fingerprint density at radius 1 is 1.14 bits per heavy atom. The van der Waals surface area contributed by atoms with Gasteiger partial charge in [-0.05, 0) is 67.5 Å². The third kappa shape index (κ3) is 3.15. The second kappa shape index (κ2) is 7.85. The van der Waals surface area contributed by atoms with Crippen LogP contribution in [0.2, 0.25) is 0 Å². The fourth-order valence-electron chi connectivity index (χ4n) is 6.32. The summed E-state index contributed by atoms with van der Waals surface area (Å²) in [6.07, 6.45) is 9.02. The van der Waals surface area contributed by atoms with E-state index in [0.717, 1.165) is 43.4 Å². The number of aromatic nitrogens is 3. The number of pyridine rings is 1. The van der Waals surface area contributed by atoms with Gasteiger partial charge in [0.1, 0.15) is 18.1 Å². The summed E-state index contributed by atoms with van der Waals surface area (Å²) in [5.41, 5.74) is 5.53. The Kier molecular flexibility index (Phi) is 4.78. The van der Waals surface area contributed by atoms with Crippen molar-refractivity contribution in [2.45, 2.75) is 38.3 Å². The number of aliphatic hydroxyl groups excluding tert-OH is 1. The lowest BCUT2D eigenvalue weighted by molar-refractivity contribution is -0.188. The largest absolute Gasteiger partial charge is 0.390 e. The fraction of sp³-hybridized carbons (Fsp3) is 0.444. The van der Waals surface area contributed by atoms with Crippen LogP contribution in [0.5, 0.6) is 0 Å². The first kappa shape index (κ1) is 21.9. The van der Waals surface area contributed by atoms with Gasteiger partial charge in [-0.15, -0.1) is 0 Å². The number of halogens is 1. The van der Waals surface area contributed by atoms with Gasteiger partial charge in [-0.25, -0.2) is 9.37 Å². The van der Waals surface area contributed by atoms with E-state index in [0.29, 0.717) is 25.5 Å². The number of rotatable bonds is 5. The molecule has 0 amide bonds. The van der Waals surface area contributed by atoms with Crippen molar-refractivity contribution in [1.29, 1.82) is 0 Å². The van der Waals surface area contributed by atoms with Gasteiger partial charge < -0.3 is 24.1 Å². The molecule has 2 fully saturated rings. The summed E-state index contributed by atoms with van der Waals surface area (Å²) in [5, 5.41) is 15.0.